The van der Waals surface area contributed by atoms with Crippen molar-refractivity contribution in [2.45, 2.75) is 64.0 Å². The van der Waals surface area contributed by atoms with E-state index in [2.05, 4.69) is 20.6 Å². The van der Waals surface area contributed by atoms with E-state index in [-0.39, 0.29) is 36.6 Å². The molecule has 8 heteroatoms. The van der Waals surface area contributed by atoms with Crippen molar-refractivity contribution in [2.24, 2.45) is 23.5 Å². The monoisotopic (exact) mass is 434 g/mol. The van der Waals surface area contributed by atoms with Gasteiger partial charge in [-0.1, -0.05) is 6.42 Å². The van der Waals surface area contributed by atoms with Crippen molar-refractivity contribution in [3.63, 3.8) is 0 Å². The molecule has 2 heterocycles. The lowest BCUT2D eigenvalue weighted by Crippen LogP contribution is -2.55. The van der Waals surface area contributed by atoms with Gasteiger partial charge in [-0.25, -0.2) is 4.98 Å². The summed E-state index contributed by atoms with van der Waals surface area (Å²) in [5.41, 5.74) is 7.30. The highest BCUT2D eigenvalue weighted by Gasteiger charge is 2.40. The summed E-state index contributed by atoms with van der Waals surface area (Å²) in [5, 5.41) is 6.65. The fourth-order valence-electron chi connectivity index (χ4n) is 5.13. The van der Waals surface area contributed by atoms with E-state index in [1.807, 2.05) is 6.92 Å². The number of rotatable bonds is 3. The van der Waals surface area contributed by atoms with Crippen LogP contribution in [0.25, 0.3) is 0 Å². The predicted octanol–water partition coefficient (Wildman–Crippen LogP) is 3.53. The van der Waals surface area contributed by atoms with E-state index in [1.165, 1.54) is 19.3 Å². The van der Waals surface area contributed by atoms with Crippen molar-refractivity contribution in [1.29, 1.82) is 0 Å². The standard InChI is InChI=1S/C19H30N4OS.2ClH/c1-12-11-25-19(21-12)23-7-5-13(6-8-23)18(24)22-17-14-3-2-4-15(17)10-16(20)9-14;;/h11,13-17H,2-10,20H2,1H3,(H,22,24);2*1H. The third-order valence-electron chi connectivity index (χ3n) is 6.43. The first kappa shape index (κ1) is 22.7. The molecule has 2 bridgehead atoms. The zero-order chi connectivity index (χ0) is 17.4. The molecule has 3 N–H and O–H groups in total. The molecule has 1 aliphatic heterocycles. The molecular formula is C19H32Cl2N4OS. The molecule has 0 aromatic carbocycles. The molecule has 5 nitrogen and oxygen atoms in total. The van der Waals surface area contributed by atoms with E-state index in [0.29, 0.717) is 23.9 Å². The average molecular weight is 435 g/mol. The normalized spacial score (nSPS) is 30.8. The molecule has 3 fully saturated rings. The second-order valence-electron chi connectivity index (χ2n) is 8.25. The van der Waals surface area contributed by atoms with E-state index >= 15 is 0 Å². The molecule has 2 saturated carbocycles. The first-order valence-corrected chi connectivity index (χ1v) is 10.7. The lowest BCUT2D eigenvalue weighted by atomic mass is 9.67. The van der Waals surface area contributed by atoms with Gasteiger partial charge in [-0.15, -0.1) is 36.2 Å². The van der Waals surface area contributed by atoms with Gasteiger partial charge < -0.3 is 16.0 Å². The number of thiazole rings is 1. The van der Waals surface area contributed by atoms with Gasteiger partial charge in [0, 0.05) is 36.5 Å². The van der Waals surface area contributed by atoms with Gasteiger partial charge in [0.05, 0.1) is 5.69 Å². The minimum Gasteiger partial charge on any atom is -0.353 e. The number of carbonyl (C=O) groups excluding carboxylic acids is 1. The molecule has 2 unspecified atom stereocenters. The quantitative estimate of drug-likeness (QED) is 0.762. The van der Waals surface area contributed by atoms with Crippen molar-refractivity contribution in [3.05, 3.63) is 11.1 Å². The zero-order valence-corrected chi connectivity index (χ0v) is 18.4. The van der Waals surface area contributed by atoms with Crippen LogP contribution in [-0.4, -0.2) is 36.1 Å². The van der Waals surface area contributed by atoms with Gasteiger partial charge in [0.1, 0.15) is 0 Å². The number of piperidine rings is 1. The number of amides is 1. The SMILES string of the molecule is Cc1csc(N2CCC(C(=O)NC3C4CCCC3CC(N)C4)CC2)n1.Cl.Cl. The van der Waals surface area contributed by atoms with E-state index in [1.54, 1.807) is 11.3 Å². The Bertz CT molecular complexity index is 607. The number of hydrogen-bond donors (Lipinski definition) is 2. The maximum absolute atomic E-state index is 12.9. The Hall–Kier alpha value is -0.560. The molecule has 0 radical (unpaired) electrons. The highest BCUT2D eigenvalue weighted by Crippen LogP contribution is 2.40. The Balaban J connectivity index is 0.00000131. The molecule has 1 saturated heterocycles. The molecule has 2 atom stereocenters. The van der Waals surface area contributed by atoms with Gasteiger partial charge >= 0.3 is 0 Å². The van der Waals surface area contributed by atoms with Crippen LogP contribution < -0.4 is 16.0 Å². The van der Waals surface area contributed by atoms with Crippen LogP contribution in [0.4, 0.5) is 5.13 Å². The highest BCUT2D eigenvalue weighted by molar-refractivity contribution is 7.13. The summed E-state index contributed by atoms with van der Waals surface area (Å²) in [7, 11) is 0. The van der Waals surface area contributed by atoms with Gasteiger partial charge in [0.2, 0.25) is 5.91 Å². The Morgan fingerprint density at radius 2 is 1.81 bits per heavy atom. The van der Waals surface area contributed by atoms with Crippen LogP contribution in [0, 0.1) is 24.7 Å². The fourth-order valence-corrected chi connectivity index (χ4v) is 5.98. The van der Waals surface area contributed by atoms with Crippen LogP contribution in [0.1, 0.15) is 50.6 Å². The maximum atomic E-state index is 12.9. The molecule has 154 valence electrons. The number of aryl methyl sites for hydroxylation is 1. The van der Waals surface area contributed by atoms with Gasteiger partial charge in [0.25, 0.3) is 0 Å². The number of hydrogen-bond acceptors (Lipinski definition) is 5. The molecule has 27 heavy (non-hydrogen) atoms. The van der Waals surface area contributed by atoms with Gasteiger partial charge in [-0.05, 0) is 57.3 Å². The van der Waals surface area contributed by atoms with E-state index in [0.717, 1.165) is 49.6 Å². The Kier molecular flexibility index (Phi) is 8.22. The number of halogens is 2. The Labute approximate surface area is 178 Å². The number of anilines is 1. The summed E-state index contributed by atoms with van der Waals surface area (Å²) >= 11 is 1.71. The third kappa shape index (κ3) is 5.08. The van der Waals surface area contributed by atoms with Crippen LogP contribution in [0.5, 0.6) is 0 Å². The molecule has 3 aliphatic rings. The van der Waals surface area contributed by atoms with Crippen LogP contribution in [0.2, 0.25) is 0 Å². The number of nitrogens with two attached hydrogens (primary N) is 1. The number of aromatic nitrogens is 1. The number of fused-ring (bicyclic) bond motifs is 2. The van der Waals surface area contributed by atoms with Crippen molar-refractivity contribution < 1.29 is 4.79 Å². The van der Waals surface area contributed by atoms with Gasteiger partial charge in [0.15, 0.2) is 5.13 Å². The molecule has 1 aromatic rings. The minimum absolute atomic E-state index is 0. The lowest BCUT2D eigenvalue weighted by Gasteiger charge is -2.45. The van der Waals surface area contributed by atoms with Gasteiger partial charge in [-0.2, -0.15) is 0 Å². The van der Waals surface area contributed by atoms with Crippen molar-refractivity contribution in [2.75, 3.05) is 18.0 Å². The molecular weight excluding hydrogens is 403 g/mol. The first-order chi connectivity index (χ1) is 12.1. The molecule has 1 aromatic heterocycles. The summed E-state index contributed by atoms with van der Waals surface area (Å²) < 4.78 is 0. The smallest absolute Gasteiger partial charge is 0.223 e. The number of nitrogens with zero attached hydrogens (tertiary/aromatic N) is 2. The van der Waals surface area contributed by atoms with Crippen molar-refractivity contribution >= 4 is 47.2 Å². The molecule has 0 spiro atoms. The number of nitrogens with one attached hydrogen (secondary N) is 1. The van der Waals surface area contributed by atoms with Crippen molar-refractivity contribution in [3.8, 4) is 0 Å². The fraction of sp³-hybridized carbons (Fsp3) is 0.789. The lowest BCUT2D eigenvalue weighted by molar-refractivity contribution is -0.128. The van der Waals surface area contributed by atoms with Crippen LogP contribution in [0.15, 0.2) is 5.38 Å². The van der Waals surface area contributed by atoms with Crippen LogP contribution in [-0.2, 0) is 4.79 Å². The van der Waals surface area contributed by atoms with Crippen LogP contribution in [0.3, 0.4) is 0 Å². The summed E-state index contributed by atoms with van der Waals surface area (Å²) in [5.74, 6) is 1.65. The van der Waals surface area contributed by atoms with Crippen molar-refractivity contribution in [1.82, 2.24) is 10.3 Å². The van der Waals surface area contributed by atoms with E-state index < -0.39 is 0 Å². The topological polar surface area (TPSA) is 71.2 Å². The number of carbonyl (C=O) groups is 1. The molecule has 2 aliphatic carbocycles. The average Bonchev–Trinajstić information content (AvgIpc) is 3.02. The third-order valence-corrected chi connectivity index (χ3v) is 7.45. The van der Waals surface area contributed by atoms with E-state index in [4.69, 9.17) is 5.73 Å². The predicted molar refractivity (Wildman–Crippen MR) is 116 cm³/mol. The van der Waals surface area contributed by atoms with E-state index in [9.17, 15) is 4.79 Å². The van der Waals surface area contributed by atoms with Crippen LogP contribution >= 0.6 is 36.2 Å². The Morgan fingerprint density at radius 3 is 2.37 bits per heavy atom. The highest BCUT2D eigenvalue weighted by atomic mass is 35.5. The summed E-state index contributed by atoms with van der Waals surface area (Å²) in [4.78, 5) is 19.8. The maximum Gasteiger partial charge on any atom is 0.223 e. The summed E-state index contributed by atoms with van der Waals surface area (Å²) in [6.07, 6.45) is 7.82. The largest absolute Gasteiger partial charge is 0.353 e. The zero-order valence-electron chi connectivity index (χ0n) is 15.9. The van der Waals surface area contributed by atoms with Gasteiger partial charge in [-0.3, -0.25) is 4.79 Å². The summed E-state index contributed by atoms with van der Waals surface area (Å²) in [6, 6.07) is 0.717. The molecule has 4 rings (SSSR count). The second kappa shape index (κ2) is 9.77. The minimum atomic E-state index is 0. The molecule has 1 amide bonds. The Morgan fingerprint density at radius 1 is 1.19 bits per heavy atom. The second-order valence-corrected chi connectivity index (χ2v) is 9.09. The summed E-state index contributed by atoms with van der Waals surface area (Å²) in [6.45, 7) is 3.91. The first-order valence-electron chi connectivity index (χ1n) is 9.83.